The Kier molecular flexibility index (Phi) is 2.96. The number of hydrogen-bond acceptors (Lipinski definition) is 6. The molecule has 2 aromatic rings. The first-order valence-corrected chi connectivity index (χ1v) is 10.8. The standard InChI is InChI=1S/C22H23N3O5/c26-13-4-3-11-7-14-22(29)8-12-16(23-20(28)24-19(12)27)18-21(22,15(11)17(13)30-18)5-6-25(14)9-10-1-2-10/h3-4,10,14,18,26,29H,1-2,5-9H2,(H2,23,24,27,28)/t14-,18+,21+,22-/m1/s1. The first-order valence-electron chi connectivity index (χ1n) is 10.8. The SMILES string of the molecule is O=c1[nH]c2c(c(=O)[nH]1)C[C@@]1(O)[C@H]3Cc4ccc(O)c5c4[C@@]1(CCN3CC1CC1)[C@H]2O5. The van der Waals surface area contributed by atoms with Crippen LogP contribution in [0, 0.1) is 5.92 Å². The highest BCUT2D eigenvalue weighted by Crippen LogP contribution is 2.68. The molecule has 1 saturated heterocycles. The van der Waals surface area contributed by atoms with E-state index in [4.69, 9.17) is 4.74 Å². The average molecular weight is 409 g/mol. The number of piperidine rings is 1. The number of ether oxygens (including phenoxy) is 1. The third kappa shape index (κ3) is 1.81. The average Bonchev–Trinajstić information content (AvgIpc) is 3.43. The molecule has 1 aromatic carbocycles. The van der Waals surface area contributed by atoms with Gasteiger partial charge in [-0.1, -0.05) is 6.07 Å². The molecule has 4 atom stereocenters. The molecule has 2 fully saturated rings. The maximum atomic E-state index is 12.7. The second kappa shape index (κ2) is 5.18. The first-order chi connectivity index (χ1) is 14.4. The van der Waals surface area contributed by atoms with E-state index in [1.165, 1.54) is 12.8 Å². The van der Waals surface area contributed by atoms with Gasteiger partial charge >= 0.3 is 5.69 Å². The molecule has 1 spiro atoms. The summed E-state index contributed by atoms with van der Waals surface area (Å²) >= 11 is 0. The molecule has 2 bridgehead atoms. The van der Waals surface area contributed by atoms with E-state index >= 15 is 0 Å². The van der Waals surface area contributed by atoms with Crippen LogP contribution in [0.3, 0.4) is 0 Å². The lowest BCUT2D eigenvalue weighted by molar-refractivity contribution is -0.174. The largest absolute Gasteiger partial charge is 0.504 e. The molecule has 1 aromatic heterocycles. The third-order valence-corrected chi connectivity index (χ3v) is 8.30. The zero-order valence-corrected chi connectivity index (χ0v) is 16.4. The van der Waals surface area contributed by atoms with Crippen molar-refractivity contribution < 1.29 is 14.9 Å². The highest BCUT2D eigenvalue weighted by Gasteiger charge is 2.73. The number of benzene rings is 1. The van der Waals surface area contributed by atoms with E-state index in [0.29, 0.717) is 35.8 Å². The molecular weight excluding hydrogens is 386 g/mol. The van der Waals surface area contributed by atoms with Gasteiger partial charge in [0.05, 0.1) is 16.7 Å². The number of nitrogens with one attached hydrogen (secondary N) is 2. The van der Waals surface area contributed by atoms with Gasteiger partial charge in [0.2, 0.25) is 0 Å². The molecular formula is C22H23N3O5. The Bertz CT molecular complexity index is 1230. The summed E-state index contributed by atoms with van der Waals surface area (Å²) in [5, 5.41) is 23.0. The van der Waals surface area contributed by atoms with Crippen molar-refractivity contribution in [1.29, 1.82) is 0 Å². The number of aromatic hydroxyl groups is 1. The van der Waals surface area contributed by atoms with Crippen molar-refractivity contribution in [3.05, 3.63) is 55.4 Å². The van der Waals surface area contributed by atoms with Crippen molar-refractivity contribution >= 4 is 0 Å². The van der Waals surface area contributed by atoms with Gasteiger partial charge in [-0.3, -0.25) is 14.7 Å². The van der Waals surface area contributed by atoms with Gasteiger partial charge in [-0.15, -0.1) is 0 Å². The van der Waals surface area contributed by atoms with Crippen molar-refractivity contribution in [3.8, 4) is 11.5 Å². The van der Waals surface area contributed by atoms with Crippen LogP contribution in [0.1, 0.15) is 47.8 Å². The highest BCUT2D eigenvalue weighted by molar-refractivity contribution is 5.64. The van der Waals surface area contributed by atoms with Gasteiger partial charge in [-0.2, -0.15) is 0 Å². The number of phenolic OH excluding ortho intramolecular Hbond substituents is 1. The van der Waals surface area contributed by atoms with Gasteiger partial charge in [0.15, 0.2) is 17.6 Å². The van der Waals surface area contributed by atoms with Crippen molar-refractivity contribution in [3.63, 3.8) is 0 Å². The summed E-state index contributed by atoms with van der Waals surface area (Å²) in [7, 11) is 0. The third-order valence-electron chi connectivity index (χ3n) is 8.30. The predicted octanol–water partition coefficient (Wildman–Crippen LogP) is 0.468. The van der Waals surface area contributed by atoms with Crippen LogP contribution in [0.5, 0.6) is 11.5 Å². The topological polar surface area (TPSA) is 119 Å². The number of hydrogen-bond donors (Lipinski definition) is 4. The number of likely N-dealkylation sites (tertiary alicyclic amines) is 1. The van der Waals surface area contributed by atoms with Crippen molar-refractivity contribution in [2.75, 3.05) is 13.1 Å². The van der Waals surface area contributed by atoms with Gasteiger partial charge in [0.25, 0.3) is 5.56 Å². The van der Waals surface area contributed by atoms with Crippen LogP contribution in [-0.4, -0.2) is 49.8 Å². The van der Waals surface area contributed by atoms with Gasteiger partial charge in [-0.05, 0) is 49.8 Å². The van der Waals surface area contributed by atoms with E-state index in [1.54, 1.807) is 6.07 Å². The molecule has 8 nitrogen and oxygen atoms in total. The van der Waals surface area contributed by atoms with Crippen molar-refractivity contribution in [1.82, 2.24) is 14.9 Å². The first kappa shape index (κ1) is 17.1. The van der Waals surface area contributed by atoms with Crippen LogP contribution < -0.4 is 16.0 Å². The van der Waals surface area contributed by atoms with Gasteiger partial charge in [0.1, 0.15) is 0 Å². The number of aliphatic hydroxyl groups is 1. The Morgan fingerprint density at radius 1 is 1.23 bits per heavy atom. The molecule has 30 heavy (non-hydrogen) atoms. The van der Waals surface area contributed by atoms with Gasteiger partial charge < -0.3 is 19.9 Å². The summed E-state index contributed by atoms with van der Waals surface area (Å²) in [6.07, 6.45) is 3.23. The molecule has 156 valence electrons. The number of fused-ring (bicyclic) bond motifs is 2. The van der Waals surface area contributed by atoms with Crippen LogP contribution in [-0.2, 0) is 18.3 Å². The van der Waals surface area contributed by atoms with Crippen LogP contribution in [0.4, 0.5) is 0 Å². The van der Waals surface area contributed by atoms with E-state index in [0.717, 1.165) is 24.2 Å². The van der Waals surface area contributed by atoms with Gasteiger partial charge in [-0.25, -0.2) is 4.79 Å². The lowest BCUT2D eigenvalue weighted by atomic mass is 9.49. The zero-order chi connectivity index (χ0) is 20.4. The molecule has 7 rings (SSSR count). The van der Waals surface area contributed by atoms with E-state index in [2.05, 4.69) is 14.9 Å². The summed E-state index contributed by atoms with van der Waals surface area (Å²) in [6, 6.07) is 3.44. The maximum Gasteiger partial charge on any atom is 0.326 e. The van der Waals surface area contributed by atoms with Crippen molar-refractivity contribution in [2.24, 2.45) is 5.92 Å². The second-order valence-electron chi connectivity index (χ2n) is 9.73. The van der Waals surface area contributed by atoms with Gasteiger partial charge in [0, 0.05) is 30.1 Å². The Hall–Kier alpha value is -2.58. The van der Waals surface area contributed by atoms with Crippen LogP contribution >= 0.6 is 0 Å². The maximum absolute atomic E-state index is 12.7. The number of phenols is 1. The molecule has 0 unspecified atom stereocenters. The zero-order valence-electron chi connectivity index (χ0n) is 16.4. The number of H-pyrrole nitrogens is 2. The molecule has 8 heteroatoms. The Labute approximate surface area is 171 Å². The van der Waals surface area contributed by atoms with Crippen LogP contribution in [0.25, 0.3) is 0 Å². The van der Waals surface area contributed by atoms with E-state index < -0.39 is 28.4 Å². The minimum atomic E-state index is -1.21. The molecule has 4 N–H and O–H groups in total. The highest BCUT2D eigenvalue weighted by atomic mass is 16.5. The molecule has 1 saturated carbocycles. The molecule has 0 amide bonds. The second-order valence-corrected chi connectivity index (χ2v) is 9.73. The number of rotatable bonds is 2. The fraction of sp³-hybridized carbons (Fsp3) is 0.545. The minimum absolute atomic E-state index is 0.0347. The van der Waals surface area contributed by atoms with Crippen molar-refractivity contribution in [2.45, 2.75) is 55.3 Å². The van der Waals surface area contributed by atoms with E-state index in [9.17, 15) is 19.8 Å². The predicted molar refractivity (Wildman–Crippen MR) is 106 cm³/mol. The smallest absolute Gasteiger partial charge is 0.326 e. The Morgan fingerprint density at radius 2 is 2.07 bits per heavy atom. The lowest BCUT2D eigenvalue weighted by Gasteiger charge is -2.62. The summed E-state index contributed by atoms with van der Waals surface area (Å²) in [4.78, 5) is 32.3. The lowest BCUT2D eigenvalue weighted by Crippen LogP contribution is -2.75. The van der Waals surface area contributed by atoms with Crippen LogP contribution in [0.2, 0.25) is 0 Å². The minimum Gasteiger partial charge on any atom is -0.504 e. The summed E-state index contributed by atoms with van der Waals surface area (Å²) in [6.45, 7) is 1.78. The number of aromatic amines is 2. The number of nitrogens with zero attached hydrogens (tertiary/aromatic N) is 1. The monoisotopic (exact) mass is 409 g/mol. The summed E-state index contributed by atoms with van der Waals surface area (Å²) in [5.41, 5.74) is -0.294. The fourth-order valence-corrected chi connectivity index (χ4v) is 6.87. The van der Waals surface area contributed by atoms with E-state index in [-0.39, 0.29) is 18.2 Å². The fourth-order valence-electron chi connectivity index (χ4n) is 6.87. The summed E-state index contributed by atoms with van der Waals surface area (Å²) < 4.78 is 6.29. The molecule has 3 aliphatic carbocycles. The quantitative estimate of drug-likeness (QED) is 0.573. The molecule has 2 aliphatic heterocycles. The molecule has 0 radical (unpaired) electrons. The Balaban J connectivity index is 1.53. The Morgan fingerprint density at radius 3 is 2.87 bits per heavy atom. The molecule has 5 aliphatic rings. The molecule has 3 heterocycles. The van der Waals surface area contributed by atoms with Crippen LogP contribution in [0.15, 0.2) is 21.7 Å². The summed E-state index contributed by atoms with van der Waals surface area (Å²) in [5.74, 6) is 1.11. The normalized spacial score (nSPS) is 35.5. The number of aromatic nitrogens is 2. The van der Waals surface area contributed by atoms with E-state index in [1.807, 2.05) is 6.07 Å².